The molecule has 6 rings (SSSR count). The summed E-state index contributed by atoms with van der Waals surface area (Å²) in [5.41, 5.74) is 7.14. The van der Waals surface area contributed by atoms with Gasteiger partial charge in [0.05, 0.1) is 34.0 Å². The normalized spacial score (nSPS) is 16.0. The molecule has 1 aliphatic rings. The van der Waals surface area contributed by atoms with E-state index >= 15 is 0 Å². The van der Waals surface area contributed by atoms with Crippen molar-refractivity contribution in [3.63, 3.8) is 0 Å². The average molecular weight is 487 g/mol. The van der Waals surface area contributed by atoms with Crippen molar-refractivity contribution in [2.75, 3.05) is 13.2 Å². The van der Waals surface area contributed by atoms with E-state index in [0.29, 0.717) is 11.5 Å². The minimum atomic E-state index is -1.95. The van der Waals surface area contributed by atoms with Gasteiger partial charge in [0.1, 0.15) is 15.7 Å². The summed E-state index contributed by atoms with van der Waals surface area (Å²) in [7, 11) is 13.7. The highest BCUT2D eigenvalue weighted by Gasteiger charge is 2.31. The molecule has 0 saturated carbocycles. The number of aryl methyl sites for hydroxylation is 2. The standard InChI is InChI=1S/C28H27B2N5O2/c1-17-26(34(2)33-32-17)20-14-24-25(31-16-20)22-9-8-21(28(29,30)36)15-23(22)35(24)27(18-6-4-3-5-7-18)19-10-12-37-13-11-19/h3-9,14-16,19,27,36H,10-13H2,1-2H3/t27-/m1/s1. The van der Waals surface area contributed by atoms with E-state index in [1.807, 2.05) is 38.4 Å². The van der Waals surface area contributed by atoms with E-state index < -0.39 is 5.40 Å². The van der Waals surface area contributed by atoms with Gasteiger partial charge in [0.25, 0.3) is 0 Å². The maximum atomic E-state index is 10.4. The number of hydrogen-bond donors (Lipinski definition) is 1. The monoisotopic (exact) mass is 487 g/mol. The summed E-state index contributed by atoms with van der Waals surface area (Å²) in [6.45, 7) is 3.41. The number of ether oxygens (including phenoxy) is 1. The summed E-state index contributed by atoms with van der Waals surface area (Å²) >= 11 is 0. The Bertz CT molecular complexity index is 1560. The van der Waals surface area contributed by atoms with Crippen LogP contribution in [0.1, 0.15) is 35.7 Å². The zero-order chi connectivity index (χ0) is 25.7. The molecule has 1 atom stereocenters. The lowest BCUT2D eigenvalue weighted by Gasteiger charge is -2.33. The third-order valence-corrected chi connectivity index (χ3v) is 7.50. The summed E-state index contributed by atoms with van der Waals surface area (Å²) in [5, 5.41) is 17.9. The molecule has 1 aliphatic heterocycles. The van der Waals surface area contributed by atoms with E-state index in [0.717, 1.165) is 64.9 Å². The second-order valence-corrected chi connectivity index (χ2v) is 9.97. The second kappa shape index (κ2) is 9.15. The Balaban J connectivity index is 1.69. The molecule has 1 fully saturated rings. The van der Waals surface area contributed by atoms with E-state index in [4.69, 9.17) is 25.4 Å². The van der Waals surface area contributed by atoms with Gasteiger partial charge >= 0.3 is 0 Å². The number of fused-ring (bicyclic) bond motifs is 3. The van der Waals surface area contributed by atoms with E-state index in [2.05, 4.69) is 45.2 Å². The molecule has 182 valence electrons. The van der Waals surface area contributed by atoms with Gasteiger partial charge in [0.2, 0.25) is 0 Å². The van der Waals surface area contributed by atoms with Gasteiger partial charge in [-0.25, -0.2) is 4.68 Å². The minimum Gasteiger partial charge on any atom is -0.405 e. The molecule has 1 N–H and O–H groups in total. The van der Waals surface area contributed by atoms with Crippen LogP contribution in [0.4, 0.5) is 0 Å². The maximum absolute atomic E-state index is 10.4. The number of rotatable bonds is 5. The molecule has 0 spiro atoms. The van der Waals surface area contributed by atoms with Crippen molar-refractivity contribution in [3.05, 3.63) is 77.6 Å². The molecule has 2 aromatic carbocycles. The summed E-state index contributed by atoms with van der Waals surface area (Å²) < 4.78 is 9.86. The highest BCUT2D eigenvalue weighted by atomic mass is 16.5. The Labute approximate surface area is 218 Å². The van der Waals surface area contributed by atoms with Crippen molar-refractivity contribution in [1.29, 1.82) is 0 Å². The van der Waals surface area contributed by atoms with Crippen molar-refractivity contribution >= 4 is 37.6 Å². The van der Waals surface area contributed by atoms with Gasteiger partial charge in [0.15, 0.2) is 0 Å². The molecule has 9 heteroatoms. The Kier molecular flexibility index (Phi) is 5.92. The number of pyridine rings is 1. The maximum Gasteiger partial charge on any atom is 0.105 e. The number of hydrogen-bond acceptors (Lipinski definition) is 5. The Morgan fingerprint density at radius 2 is 1.81 bits per heavy atom. The molecule has 37 heavy (non-hydrogen) atoms. The van der Waals surface area contributed by atoms with Crippen LogP contribution in [-0.4, -0.2) is 58.6 Å². The van der Waals surface area contributed by atoms with Gasteiger partial charge in [-0.3, -0.25) is 4.98 Å². The van der Waals surface area contributed by atoms with E-state index in [1.165, 1.54) is 5.56 Å². The highest BCUT2D eigenvalue weighted by Crippen LogP contribution is 2.41. The summed E-state index contributed by atoms with van der Waals surface area (Å²) in [6.07, 6.45) is 3.76. The molecular formula is C28H27B2N5O2. The third kappa shape index (κ3) is 4.16. The molecule has 4 radical (unpaired) electrons. The van der Waals surface area contributed by atoms with Crippen LogP contribution < -0.4 is 0 Å². The predicted molar refractivity (Wildman–Crippen MR) is 146 cm³/mol. The quantitative estimate of drug-likeness (QED) is 0.383. The summed E-state index contributed by atoms with van der Waals surface area (Å²) in [4.78, 5) is 4.94. The molecule has 0 bridgehead atoms. The van der Waals surface area contributed by atoms with Crippen LogP contribution in [0.3, 0.4) is 0 Å². The lowest BCUT2D eigenvalue weighted by molar-refractivity contribution is 0.0553. The molecule has 0 aliphatic carbocycles. The van der Waals surface area contributed by atoms with Crippen molar-refractivity contribution in [1.82, 2.24) is 24.5 Å². The van der Waals surface area contributed by atoms with Crippen LogP contribution in [-0.2, 0) is 17.2 Å². The molecule has 1 saturated heterocycles. The van der Waals surface area contributed by atoms with Crippen molar-refractivity contribution in [3.8, 4) is 11.3 Å². The van der Waals surface area contributed by atoms with Crippen LogP contribution in [0.5, 0.6) is 0 Å². The van der Waals surface area contributed by atoms with Crippen molar-refractivity contribution in [2.45, 2.75) is 31.2 Å². The lowest BCUT2D eigenvalue weighted by atomic mass is 9.61. The van der Waals surface area contributed by atoms with Crippen molar-refractivity contribution < 1.29 is 9.84 Å². The first-order valence-electron chi connectivity index (χ1n) is 12.6. The van der Waals surface area contributed by atoms with Crippen molar-refractivity contribution in [2.24, 2.45) is 13.0 Å². The van der Waals surface area contributed by atoms with Crippen LogP contribution in [0.2, 0.25) is 0 Å². The number of nitrogens with zero attached hydrogens (tertiary/aromatic N) is 5. The first kappa shape index (κ1) is 23.9. The van der Waals surface area contributed by atoms with Gasteiger partial charge in [-0.2, -0.15) is 0 Å². The van der Waals surface area contributed by atoms with Gasteiger partial charge in [-0.15, -0.1) is 5.10 Å². The summed E-state index contributed by atoms with van der Waals surface area (Å²) in [5.74, 6) is 0.344. The fraction of sp³-hybridized carbons (Fsp3) is 0.321. The largest absolute Gasteiger partial charge is 0.405 e. The number of aliphatic hydroxyl groups is 1. The van der Waals surface area contributed by atoms with Crippen LogP contribution in [0.15, 0.2) is 60.8 Å². The predicted octanol–water partition coefficient (Wildman–Crippen LogP) is 3.75. The third-order valence-electron chi connectivity index (χ3n) is 7.50. The van der Waals surface area contributed by atoms with Gasteiger partial charge in [0, 0.05) is 42.8 Å². The molecule has 7 nitrogen and oxygen atoms in total. The minimum absolute atomic E-state index is 0.0202. The molecule has 3 aromatic heterocycles. The van der Waals surface area contributed by atoms with E-state index in [-0.39, 0.29) is 6.04 Å². The molecule has 0 unspecified atom stereocenters. The zero-order valence-electron chi connectivity index (χ0n) is 21.0. The Hall–Kier alpha value is -3.42. The summed E-state index contributed by atoms with van der Waals surface area (Å²) in [6, 6.07) is 18.3. The molecule has 4 heterocycles. The second-order valence-electron chi connectivity index (χ2n) is 9.97. The fourth-order valence-corrected chi connectivity index (χ4v) is 5.75. The van der Waals surface area contributed by atoms with Crippen LogP contribution in [0, 0.1) is 12.8 Å². The van der Waals surface area contributed by atoms with E-state index in [9.17, 15) is 5.11 Å². The first-order chi connectivity index (χ1) is 17.8. The topological polar surface area (TPSA) is 78.0 Å². The van der Waals surface area contributed by atoms with E-state index in [1.54, 1.807) is 10.7 Å². The number of aromatic nitrogens is 5. The van der Waals surface area contributed by atoms with Gasteiger partial charge in [-0.05, 0) is 48.9 Å². The SMILES string of the molecule is [B]C([B])(O)c1ccc2c3ncc(-c4c(C)nnn4C)cc3n([C@H](c3ccccc3)C3CCOCC3)c2c1. The smallest absolute Gasteiger partial charge is 0.105 e. The first-order valence-corrected chi connectivity index (χ1v) is 12.6. The van der Waals surface area contributed by atoms with Gasteiger partial charge in [-0.1, -0.05) is 47.7 Å². The van der Waals surface area contributed by atoms with Gasteiger partial charge < -0.3 is 14.4 Å². The fourth-order valence-electron chi connectivity index (χ4n) is 5.75. The molecule has 5 aromatic rings. The molecular weight excluding hydrogens is 460 g/mol. The highest BCUT2D eigenvalue weighted by molar-refractivity contribution is 6.38. The molecule has 0 amide bonds. The average Bonchev–Trinajstić information content (AvgIpc) is 3.40. The Morgan fingerprint density at radius 3 is 2.49 bits per heavy atom. The zero-order valence-corrected chi connectivity index (χ0v) is 21.0. The van der Waals surface area contributed by atoms with Crippen LogP contribution >= 0.6 is 0 Å². The number of benzene rings is 2. The van der Waals surface area contributed by atoms with Crippen LogP contribution in [0.25, 0.3) is 33.2 Å². The Morgan fingerprint density at radius 1 is 1.05 bits per heavy atom. The lowest BCUT2D eigenvalue weighted by Crippen LogP contribution is -2.27.